The minimum atomic E-state index is -3.99. The number of carbonyl (C=O) groups is 2. The highest BCUT2D eigenvalue weighted by Crippen LogP contribution is 2.14. The largest absolute Gasteiger partial charge is 0.480 e. The van der Waals surface area contributed by atoms with E-state index in [9.17, 15) is 18.0 Å². The van der Waals surface area contributed by atoms with E-state index in [4.69, 9.17) is 9.84 Å². The van der Waals surface area contributed by atoms with E-state index in [2.05, 4.69) is 4.72 Å². The summed E-state index contributed by atoms with van der Waals surface area (Å²) in [7, 11) is -3.99. The molecule has 128 valence electrons. The van der Waals surface area contributed by atoms with Crippen molar-refractivity contribution >= 4 is 22.0 Å². The van der Waals surface area contributed by atoms with Gasteiger partial charge < -0.3 is 9.84 Å². The predicted octanol–water partition coefficient (Wildman–Crippen LogP) is 1.64. The van der Waals surface area contributed by atoms with Gasteiger partial charge in [0, 0.05) is 0 Å². The van der Waals surface area contributed by atoms with Crippen LogP contribution in [-0.2, 0) is 19.6 Å². The maximum absolute atomic E-state index is 12.2. The average molecular weight is 343 g/mol. The molecule has 1 aromatic rings. The Hall–Kier alpha value is -1.93. The van der Waals surface area contributed by atoms with Gasteiger partial charge in [0.05, 0.1) is 17.1 Å². The fraction of sp³-hybridized carbons (Fsp3) is 0.467. The third-order valence-electron chi connectivity index (χ3n) is 2.98. The third-order valence-corrected chi connectivity index (χ3v) is 4.47. The zero-order valence-corrected chi connectivity index (χ0v) is 14.1. The maximum Gasteiger partial charge on any atom is 0.338 e. The van der Waals surface area contributed by atoms with Gasteiger partial charge in [-0.05, 0) is 43.5 Å². The van der Waals surface area contributed by atoms with Crippen LogP contribution in [0.4, 0.5) is 0 Å². The molecule has 0 radical (unpaired) electrons. The molecule has 0 aliphatic rings. The molecule has 7 nitrogen and oxygen atoms in total. The summed E-state index contributed by atoms with van der Waals surface area (Å²) in [6.45, 7) is 5.49. The van der Waals surface area contributed by atoms with E-state index in [-0.39, 0.29) is 29.4 Å². The molecule has 2 N–H and O–H groups in total. The van der Waals surface area contributed by atoms with Crippen LogP contribution >= 0.6 is 0 Å². The van der Waals surface area contributed by atoms with Crippen LogP contribution in [0.5, 0.6) is 0 Å². The summed E-state index contributed by atoms with van der Waals surface area (Å²) < 4.78 is 31.5. The minimum Gasteiger partial charge on any atom is -0.480 e. The highest BCUT2D eigenvalue weighted by Gasteiger charge is 2.26. The van der Waals surface area contributed by atoms with E-state index < -0.39 is 28.0 Å². The number of esters is 1. The summed E-state index contributed by atoms with van der Waals surface area (Å²) in [6.07, 6.45) is 0.176. The van der Waals surface area contributed by atoms with Gasteiger partial charge in [-0.1, -0.05) is 13.8 Å². The Morgan fingerprint density at radius 1 is 1.22 bits per heavy atom. The molecule has 0 amide bonds. The average Bonchev–Trinajstić information content (AvgIpc) is 2.46. The smallest absolute Gasteiger partial charge is 0.338 e. The molecule has 0 bridgehead atoms. The Kier molecular flexibility index (Phi) is 6.71. The molecule has 0 fully saturated rings. The van der Waals surface area contributed by atoms with Gasteiger partial charge >= 0.3 is 11.9 Å². The van der Waals surface area contributed by atoms with Crippen molar-refractivity contribution in [2.75, 3.05) is 6.61 Å². The second-order valence-corrected chi connectivity index (χ2v) is 7.10. The lowest BCUT2D eigenvalue weighted by Gasteiger charge is -2.16. The molecule has 0 spiro atoms. The third kappa shape index (κ3) is 5.65. The van der Waals surface area contributed by atoms with Crippen molar-refractivity contribution < 1.29 is 27.9 Å². The van der Waals surface area contributed by atoms with Crippen molar-refractivity contribution in [3.05, 3.63) is 29.8 Å². The number of ether oxygens (including phenoxy) is 1. The predicted molar refractivity (Wildman–Crippen MR) is 83.6 cm³/mol. The van der Waals surface area contributed by atoms with E-state index >= 15 is 0 Å². The van der Waals surface area contributed by atoms with Gasteiger partial charge in [-0.25, -0.2) is 13.2 Å². The molecule has 23 heavy (non-hydrogen) atoms. The standard InChI is InChI=1S/C15H21NO6S/c1-4-22-15(19)11-5-7-12(8-6-11)23(20,21)16-13(14(17)18)9-10(2)3/h5-8,10,13,16H,4,9H2,1-3H3,(H,17,18)/t13-/m0/s1. The van der Waals surface area contributed by atoms with Crippen molar-refractivity contribution in [3.8, 4) is 0 Å². The number of benzene rings is 1. The first-order valence-corrected chi connectivity index (χ1v) is 8.68. The van der Waals surface area contributed by atoms with Gasteiger partial charge in [-0.3, -0.25) is 4.79 Å². The Balaban J connectivity index is 2.95. The molecule has 0 saturated carbocycles. The first-order chi connectivity index (χ1) is 10.7. The Morgan fingerprint density at radius 3 is 2.22 bits per heavy atom. The number of carbonyl (C=O) groups excluding carboxylic acids is 1. The van der Waals surface area contributed by atoms with E-state index in [1.54, 1.807) is 20.8 Å². The minimum absolute atomic E-state index is 0.0185. The molecule has 0 aliphatic carbocycles. The number of rotatable bonds is 8. The summed E-state index contributed by atoms with van der Waals surface area (Å²) in [5, 5.41) is 9.12. The van der Waals surface area contributed by atoms with Crippen LogP contribution in [0.2, 0.25) is 0 Å². The normalized spacial score (nSPS) is 12.9. The number of hydrogen-bond acceptors (Lipinski definition) is 5. The summed E-state index contributed by atoms with van der Waals surface area (Å²) in [5.74, 6) is -1.76. The molecule has 1 rings (SSSR count). The molecule has 1 atom stereocenters. The fourth-order valence-corrected chi connectivity index (χ4v) is 3.11. The number of nitrogens with one attached hydrogen (secondary N) is 1. The van der Waals surface area contributed by atoms with Gasteiger partial charge in [0.25, 0.3) is 0 Å². The quantitative estimate of drug-likeness (QED) is 0.694. The van der Waals surface area contributed by atoms with Crippen LogP contribution in [0, 0.1) is 5.92 Å². The topological polar surface area (TPSA) is 110 Å². The molecule has 0 aliphatic heterocycles. The Morgan fingerprint density at radius 2 is 1.78 bits per heavy atom. The SMILES string of the molecule is CCOC(=O)c1ccc(S(=O)(=O)N[C@@H](CC(C)C)C(=O)O)cc1. The van der Waals surface area contributed by atoms with Crippen LogP contribution in [0.15, 0.2) is 29.2 Å². The molecule has 0 heterocycles. The molecule has 0 aromatic heterocycles. The number of hydrogen-bond donors (Lipinski definition) is 2. The lowest BCUT2D eigenvalue weighted by atomic mass is 10.1. The van der Waals surface area contributed by atoms with Gasteiger partial charge in [0.2, 0.25) is 10.0 Å². The first-order valence-electron chi connectivity index (χ1n) is 7.19. The van der Waals surface area contributed by atoms with Crippen molar-refractivity contribution in [3.63, 3.8) is 0 Å². The van der Waals surface area contributed by atoms with E-state index in [0.29, 0.717) is 0 Å². The Bertz CT molecular complexity index is 651. The highest BCUT2D eigenvalue weighted by molar-refractivity contribution is 7.89. The fourth-order valence-electron chi connectivity index (χ4n) is 1.91. The second kappa shape index (κ2) is 8.07. The summed E-state index contributed by atoms with van der Waals surface area (Å²) in [4.78, 5) is 22.6. The van der Waals surface area contributed by atoms with Gasteiger partial charge in [0.15, 0.2) is 0 Å². The molecular formula is C15H21NO6S. The Labute approximate surface area is 135 Å². The lowest BCUT2D eigenvalue weighted by molar-refractivity contribution is -0.139. The molecule has 1 aromatic carbocycles. The lowest BCUT2D eigenvalue weighted by Crippen LogP contribution is -2.41. The van der Waals surface area contributed by atoms with Gasteiger partial charge in [-0.2, -0.15) is 4.72 Å². The molecule has 0 unspecified atom stereocenters. The summed E-state index contributed by atoms with van der Waals surface area (Å²) in [6, 6.07) is 3.92. The van der Waals surface area contributed by atoms with Crippen LogP contribution in [0.3, 0.4) is 0 Å². The van der Waals surface area contributed by atoms with Crippen LogP contribution in [-0.4, -0.2) is 38.1 Å². The van der Waals surface area contributed by atoms with E-state index in [1.165, 1.54) is 24.3 Å². The van der Waals surface area contributed by atoms with Crippen molar-refractivity contribution in [1.82, 2.24) is 4.72 Å². The van der Waals surface area contributed by atoms with Crippen molar-refractivity contribution in [2.45, 2.75) is 38.1 Å². The molecule has 8 heteroatoms. The number of carboxylic acid groups (broad SMARTS) is 1. The second-order valence-electron chi connectivity index (χ2n) is 5.39. The van der Waals surface area contributed by atoms with Gasteiger partial charge in [-0.15, -0.1) is 0 Å². The van der Waals surface area contributed by atoms with Crippen LogP contribution in [0.1, 0.15) is 37.6 Å². The van der Waals surface area contributed by atoms with Crippen LogP contribution in [0.25, 0.3) is 0 Å². The van der Waals surface area contributed by atoms with Crippen molar-refractivity contribution in [1.29, 1.82) is 0 Å². The zero-order chi connectivity index (χ0) is 17.6. The number of sulfonamides is 1. The zero-order valence-electron chi connectivity index (χ0n) is 13.3. The van der Waals surface area contributed by atoms with Gasteiger partial charge in [0.1, 0.15) is 6.04 Å². The molecular weight excluding hydrogens is 322 g/mol. The monoisotopic (exact) mass is 343 g/mol. The van der Waals surface area contributed by atoms with E-state index in [0.717, 1.165) is 0 Å². The van der Waals surface area contributed by atoms with E-state index in [1.807, 2.05) is 0 Å². The maximum atomic E-state index is 12.2. The van der Waals surface area contributed by atoms with Crippen LogP contribution < -0.4 is 4.72 Å². The molecule has 0 saturated heterocycles. The summed E-state index contributed by atoms with van der Waals surface area (Å²) >= 11 is 0. The first kappa shape index (κ1) is 19.1. The number of aliphatic carboxylic acids is 1. The van der Waals surface area contributed by atoms with Crippen molar-refractivity contribution in [2.24, 2.45) is 5.92 Å². The highest BCUT2D eigenvalue weighted by atomic mass is 32.2. The summed E-state index contributed by atoms with van der Waals surface area (Å²) in [5.41, 5.74) is 0.225. The number of carboxylic acids is 1.